The molecule has 192 valence electrons. The molecule has 5 N–H and O–H groups in total. The van der Waals surface area contributed by atoms with Crippen LogP contribution >= 0.6 is 11.8 Å². The first kappa shape index (κ1) is 28.1. The number of hydrogen-bond acceptors (Lipinski definition) is 7. The van der Waals surface area contributed by atoms with Crippen LogP contribution in [0.1, 0.15) is 63.2 Å². The molecule has 0 bridgehead atoms. The Balaban J connectivity index is 2.52. The molecule has 11 nitrogen and oxygen atoms in total. The summed E-state index contributed by atoms with van der Waals surface area (Å²) in [5.74, 6) is -2.78. The van der Waals surface area contributed by atoms with E-state index in [1.165, 1.54) is 12.1 Å². The van der Waals surface area contributed by atoms with Crippen LogP contribution in [-0.2, 0) is 14.4 Å². The number of nitrogens with two attached hydrogens (primary N) is 1. The van der Waals surface area contributed by atoms with E-state index in [1.807, 2.05) is 13.8 Å². The van der Waals surface area contributed by atoms with E-state index in [2.05, 4.69) is 16.0 Å². The third kappa shape index (κ3) is 7.67. The highest BCUT2D eigenvalue weighted by atomic mass is 32.2. The predicted octanol–water partition coefficient (Wildman–Crippen LogP) is 1.88. The molecular weight excluding hydrogens is 474 g/mol. The number of carbonyl (C=O) groups is 4. The van der Waals surface area contributed by atoms with Crippen LogP contribution in [0.3, 0.4) is 0 Å². The second-order valence-corrected chi connectivity index (χ2v) is 9.67. The average molecular weight is 508 g/mol. The van der Waals surface area contributed by atoms with Crippen molar-refractivity contribution in [3.8, 4) is 0 Å². The van der Waals surface area contributed by atoms with Gasteiger partial charge in [-0.05, 0) is 18.4 Å². The Hall–Kier alpha value is -3.15. The number of fused-ring (bicyclic) bond motifs is 1. The lowest BCUT2D eigenvalue weighted by atomic mass is 9.97. The zero-order chi connectivity index (χ0) is 26.1. The van der Waals surface area contributed by atoms with E-state index in [-0.39, 0.29) is 22.9 Å². The summed E-state index contributed by atoms with van der Waals surface area (Å²) in [6.45, 7) is 5.67. The van der Waals surface area contributed by atoms with Crippen molar-refractivity contribution in [3.63, 3.8) is 0 Å². The number of nitrogens with one attached hydrogen (secondary N) is 3. The van der Waals surface area contributed by atoms with Gasteiger partial charge in [-0.2, -0.15) is 0 Å². The molecule has 1 heterocycles. The van der Waals surface area contributed by atoms with Crippen molar-refractivity contribution in [2.45, 2.75) is 75.9 Å². The van der Waals surface area contributed by atoms with Crippen LogP contribution in [-0.4, -0.2) is 52.4 Å². The van der Waals surface area contributed by atoms with Crippen LogP contribution in [0.25, 0.3) is 0 Å². The van der Waals surface area contributed by atoms with Crippen molar-refractivity contribution in [2.24, 2.45) is 11.7 Å². The van der Waals surface area contributed by atoms with E-state index in [0.717, 1.165) is 30.7 Å². The maximum atomic E-state index is 13.2. The SMILES string of the molecule is CCCCC[C@@H]1NC(=O)[C@H]([C@H](C)CC)NC(=O)c2cc([N+](=O)[O-])ccc2SCC(C(N)=O)NC1=O. The van der Waals surface area contributed by atoms with Crippen molar-refractivity contribution in [1.29, 1.82) is 0 Å². The Morgan fingerprint density at radius 2 is 1.89 bits per heavy atom. The van der Waals surface area contributed by atoms with E-state index in [1.54, 1.807) is 6.92 Å². The molecule has 4 amide bonds. The van der Waals surface area contributed by atoms with Gasteiger partial charge in [-0.1, -0.05) is 46.5 Å². The lowest BCUT2D eigenvalue weighted by Crippen LogP contribution is -2.57. The summed E-state index contributed by atoms with van der Waals surface area (Å²) in [6.07, 6.45) is 3.37. The summed E-state index contributed by atoms with van der Waals surface area (Å²) in [5.41, 5.74) is 5.21. The number of unbranched alkanes of at least 4 members (excludes halogenated alkanes) is 2. The van der Waals surface area contributed by atoms with Gasteiger partial charge in [0.25, 0.3) is 11.6 Å². The Morgan fingerprint density at radius 1 is 1.17 bits per heavy atom. The summed E-state index contributed by atoms with van der Waals surface area (Å²) in [5, 5.41) is 19.4. The second kappa shape index (κ2) is 13.1. The van der Waals surface area contributed by atoms with Crippen LogP contribution in [0.5, 0.6) is 0 Å². The molecule has 1 aliphatic heterocycles. The first-order valence-corrected chi connectivity index (χ1v) is 12.7. The standard InChI is InChI=1S/C23H33N5O6S/c1-4-6-7-8-16-22(31)26-17(20(24)29)12-35-18-10-9-14(28(33)34)11-15(18)21(30)27-19(13(3)5-2)23(32)25-16/h9-11,13,16-17,19H,4-8,12H2,1-3H3,(H2,24,29)(H,25,32)(H,26,31)(H,27,30)/t13-,16+,17?,19+/m1/s1. The quantitative estimate of drug-likeness (QED) is 0.236. The Kier molecular flexibility index (Phi) is 10.5. The number of carbonyl (C=O) groups excluding carboxylic acids is 4. The number of thioether (sulfide) groups is 1. The molecule has 0 saturated carbocycles. The van der Waals surface area contributed by atoms with Gasteiger partial charge in [-0.3, -0.25) is 29.3 Å². The monoisotopic (exact) mass is 507 g/mol. The summed E-state index contributed by atoms with van der Waals surface area (Å²) < 4.78 is 0. The molecular formula is C23H33N5O6S. The number of non-ortho nitro benzene ring substituents is 1. The van der Waals surface area contributed by atoms with Crippen LogP contribution in [0.4, 0.5) is 5.69 Å². The highest BCUT2D eigenvalue weighted by molar-refractivity contribution is 7.99. The molecule has 35 heavy (non-hydrogen) atoms. The molecule has 1 aromatic carbocycles. The number of nitro benzene ring substituents is 1. The minimum atomic E-state index is -1.07. The number of amides is 4. The molecule has 1 aliphatic rings. The highest BCUT2D eigenvalue weighted by Crippen LogP contribution is 2.28. The van der Waals surface area contributed by atoms with Crippen molar-refractivity contribution >= 4 is 41.1 Å². The van der Waals surface area contributed by atoms with Gasteiger partial charge in [-0.25, -0.2) is 0 Å². The van der Waals surface area contributed by atoms with Gasteiger partial charge in [0.2, 0.25) is 17.7 Å². The fourth-order valence-electron chi connectivity index (χ4n) is 3.62. The molecule has 2 rings (SSSR count). The molecule has 0 spiro atoms. The van der Waals surface area contributed by atoms with E-state index in [0.29, 0.717) is 24.2 Å². The van der Waals surface area contributed by atoms with Gasteiger partial charge in [0.1, 0.15) is 18.1 Å². The Labute approximate surface area is 208 Å². The van der Waals surface area contributed by atoms with Crippen LogP contribution in [0.2, 0.25) is 0 Å². The number of nitro groups is 1. The average Bonchev–Trinajstić information content (AvgIpc) is 2.83. The summed E-state index contributed by atoms with van der Waals surface area (Å²) >= 11 is 1.07. The maximum Gasteiger partial charge on any atom is 0.270 e. The molecule has 1 unspecified atom stereocenters. The molecule has 0 aliphatic carbocycles. The topological polar surface area (TPSA) is 174 Å². The van der Waals surface area contributed by atoms with Gasteiger partial charge in [0.05, 0.1) is 10.5 Å². The van der Waals surface area contributed by atoms with E-state index in [4.69, 9.17) is 5.73 Å². The number of nitrogens with zero attached hydrogens (tertiary/aromatic N) is 1. The fourth-order valence-corrected chi connectivity index (χ4v) is 4.69. The zero-order valence-corrected chi connectivity index (χ0v) is 21.0. The summed E-state index contributed by atoms with van der Waals surface area (Å²) in [4.78, 5) is 62.6. The van der Waals surface area contributed by atoms with Gasteiger partial charge >= 0.3 is 0 Å². The molecule has 0 saturated heterocycles. The maximum absolute atomic E-state index is 13.2. The number of primary amides is 1. The van der Waals surface area contributed by atoms with Crippen LogP contribution < -0.4 is 21.7 Å². The molecule has 1 aromatic rings. The van der Waals surface area contributed by atoms with Crippen molar-refractivity contribution < 1.29 is 24.1 Å². The normalized spacial score (nSPS) is 22.3. The van der Waals surface area contributed by atoms with E-state index in [9.17, 15) is 29.3 Å². The first-order valence-electron chi connectivity index (χ1n) is 11.7. The minimum absolute atomic E-state index is 0.00130. The predicted molar refractivity (Wildman–Crippen MR) is 132 cm³/mol. The molecule has 0 radical (unpaired) electrons. The number of rotatable bonds is 8. The van der Waals surface area contributed by atoms with Crippen molar-refractivity contribution in [1.82, 2.24) is 16.0 Å². The number of hydrogen-bond donors (Lipinski definition) is 4. The number of benzene rings is 1. The minimum Gasteiger partial charge on any atom is -0.368 e. The van der Waals surface area contributed by atoms with Gasteiger partial charge in [0.15, 0.2) is 0 Å². The summed E-state index contributed by atoms with van der Waals surface area (Å²) in [6, 6.07) is 0.831. The first-order chi connectivity index (χ1) is 16.6. The van der Waals surface area contributed by atoms with E-state index < -0.39 is 46.7 Å². The molecule has 12 heteroatoms. The van der Waals surface area contributed by atoms with E-state index >= 15 is 0 Å². The Morgan fingerprint density at radius 3 is 2.49 bits per heavy atom. The fraction of sp³-hybridized carbons (Fsp3) is 0.565. The van der Waals surface area contributed by atoms with Gasteiger partial charge < -0.3 is 21.7 Å². The van der Waals surface area contributed by atoms with Gasteiger partial charge in [-0.15, -0.1) is 11.8 Å². The van der Waals surface area contributed by atoms with Crippen LogP contribution in [0, 0.1) is 16.0 Å². The lowest BCUT2D eigenvalue weighted by molar-refractivity contribution is -0.384. The van der Waals surface area contributed by atoms with Crippen LogP contribution in [0.15, 0.2) is 23.1 Å². The molecule has 4 atom stereocenters. The second-order valence-electron chi connectivity index (χ2n) is 8.61. The third-order valence-corrected chi connectivity index (χ3v) is 7.16. The Bertz CT molecular complexity index is 972. The smallest absolute Gasteiger partial charge is 0.270 e. The van der Waals surface area contributed by atoms with Gasteiger partial charge in [0, 0.05) is 22.8 Å². The highest BCUT2D eigenvalue weighted by Gasteiger charge is 2.33. The van der Waals surface area contributed by atoms with Crippen molar-refractivity contribution in [2.75, 3.05) is 5.75 Å². The molecule has 0 fully saturated rings. The molecule has 0 aromatic heterocycles. The zero-order valence-electron chi connectivity index (χ0n) is 20.2. The third-order valence-electron chi connectivity index (χ3n) is 6.00. The largest absolute Gasteiger partial charge is 0.368 e. The summed E-state index contributed by atoms with van der Waals surface area (Å²) in [7, 11) is 0. The lowest BCUT2D eigenvalue weighted by Gasteiger charge is -2.27. The van der Waals surface area contributed by atoms with Crippen molar-refractivity contribution in [3.05, 3.63) is 33.9 Å².